The number of aromatic nitrogens is 2. The van der Waals surface area contributed by atoms with E-state index >= 15 is 0 Å². The first-order valence-electron chi connectivity index (χ1n) is 8.48. The second kappa shape index (κ2) is 7.47. The van der Waals surface area contributed by atoms with Crippen LogP contribution < -0.4 is 15.4 Å². The van der Waals surface area contributed by atoms with E-state index in [-0.39, 0.29) is 0 Å². The number of thiocarbonyl (C=S) groups is 1. The normalized spacial score (nSPS) is 10.6. The van der Waals surface area contributed by atoms with Crippen LogP contribution in [0.5, 0.6) is 5.75 Å². The molecule has 0 amide bonds. The molecule has 4 aromatic rings. The lowest BCUT2D eigenvalue weighted by molar-refractivity contribution is 0.415. The number of rotatable bonds is 4. The van der Waals surface area contributed by atoms with Crippen molar-refractivity contribution in [1.82, 2.24) is 9.97 Å². The smallest absolute Gasteiger partial charge is 0.175 e. The van der Waals surface area contributed by atoms with E-state index in [2.05, 4.69) is 20.6 Å². The van der Waals surface area contributed by atoms with Crippen molar-refractivity contribution in [3.63, 3.8) is 0 Å². The molecule has 0 unspecified atom stereocenters. The molecule has 0 aliphatic carbocycles. The third-order valence-electron chi connectivity index (χ3n) is 4.13. The predicted octanol–water partition coefficient (Wildman–Crippen LogP) is 5.05. The first-order valence-corrected chi connectivity index (χ1v) is 8.89. The number of para-hydroxylation sites is 2. The van der Waals surface area contributed by atoms with E-state index in [9.17, 15) is 0 Å². The van der Waals surface area contributed by atoms with Gasteiger partial charge in [0.05, 0.1) is 18.1 Å². The SMILES string of the molecule is COc1cccc(NC(=S)Nc2ccc(-c3nc4ccccc4[nH]3)cc2)c1. The van der Waals surface area contributed by atoms with Crippen molar-refractivity contribution in [3.8, 4) is 17.1 Å². The predicted molar refractivity (Wildman–Crippen MR) is 114 cm³/mol. The Labute approximate surface area is 162 Å². The minimum atomic E-state index is 0.514. The van der Waals surface area contributed by atoms with Gasteiger partial charge < -0.3 is 20.4 Å². The van der Waals surface area contributed by atoms with Gasteiger partial charge in [-0.2, -0.15) is 0 Å². The Morgan fingerprint density at radius 2 is 1.70 bits per heavy atom. The summed E-state index contributed by atoms with van der Waals surface area (Å²) in [4.78, 5) is 7.95. The highest BCUT2D eigenvalue weighted by Gasteiger charge is 2.05. The molecule has 3 N–H and O–H groups in total. The van der Waals surface area contributed by atoms with E-state index in [0.717, 1.165) is 39.5 Å². The number of methoxy groups -OCH3 is 1. The fraction of sp³-hybridized carbons (Fsp3) is 0.0476. The summed E-state index contributed by atoms with van der Waals surface area (Å²) in [5, 5.41) is 6.85. The minimum Gasteiger partial charge on any atom is -0.497 e. The summed E-state index contributed by atoms with van der Waals surface area (Å²) in [6.07, 6.45) is 0. The quantitative estimate of drug-likeness (QED) is 0.437. The number of aromatic amines is 1. The molecule has 0 atom stereocenters. The summed E-state index contributed by atoms with van der Waals surface area (Å²) in [5.74, 6) is 1.62. The highest BCUT2D eigenvalue weighted by Crippen LogP contribution is 2.22. The van der Waals surface area contributed by atoms with Crippen LogP contribution in [-0.4, -0.2) is 22.2 Å². The summed E-state index contributed by atoms with van der Waals surface area (Å²) >= 11 is 5.39. The van der Waals surface area contributed by atoms with Gasteiger partial charge in [-0.05, 0) is 60.7 Å². The van der Waals surface area contributed by atoms with Crippen LogP contribution in [0.2, 0.25) is 0 Å². The standard InChI is InChI=1S/C21H18N4OS/c1-26-17-6-4-5-16(13-17)23-21(27)22-15-11-9-14(10-12-15)20-24-18-7-2-3-8-19(18)25-20/h2-13H,1H3,(H,24,25)(H2,22,23,27). The molecule has 27 heavy (non-hydrogen) atoms. The first-order chi connectivity index (χ1) is 13.2. The molecule has 5 nitrogen and oxygen atoms in total. The van der Waals surface area contributed by atoms with Crippen molar-refractivity contribution in [2.45, 2.75) is 0 Å². The molecule has 0 spiro atoms. The Hall–Kier alpha value is -3.38. The Kier molecular flexibility index (Phi) is 4.72. The lowest BCUT2D eigenvalue weighted by Gasteiger charge is -2.11. The molecular weight excluding hydrogens is 356 g/mol. The van der Waals surface area contributed by atoms with Crippen LogP contribution in [0.1, 0.15) is 0 Å². The van der Waals surface area contributed by atoms with E-state index in [0.29, 0.717) is 5.11 Å². The molecule has 0 saturated carbocycles. The Bertz CT molecular complexity index is 1060. The van der Waals surface area contributed by atoms with Crippen molar-refractivity contribution >= 4 is 39.7 Å². The minimum absolute atomic E-state index is 0.514. The van der Waals surface area contributed by atoms with Gasteiger partial charge in [0.15, 0.2) is 5.11 Å². The molecule has 0 fully saturated rings. The van der Waals surface area contributed by atoms with Gasteiger partial charge in [-0.15, -0.1) is 0 Å². The van der Waals surface area contributed by atoms with Crippen LogP contribution >= 0.6 is 12.2 Å². The zero-order chi connectivity index (χ0) is 18.6. The zero-order valence-corrected chi connectivity index (χ0v) is 15.5. The Morgan fingerprint density at radius 1 is 0.926 bits per heavy atom. The van der Waals surface area contributed by atoms with Gasteiger partial charge >= 0.3 is 0 Å². The molecule has 6 heteroatoms. The maximum absolute atomic E-state index is 5.39. The van der Waals surface area contributed by atoms with Crippen LogP contribution in [0.4, 0.5) is 11.4 Å². The highest BCUT2D eigenvalue weighted by atomic mass is 32.1. The first kappa shape index (κ1) is 17.1. The van der Waals surface area contributed by atoms with E-state index in [1.807, 2.05) is 72.8 Å². The van der Waals surface area contributed by atoms with Crippen LogP contribution in [0.3, 0.4) is 0 Å². The zero-order valence-electron chi connectivity index (χ0n) is 14.7. The van der Waals surface area contributed by atoms with E-state index in [4.69, 9.17) is 17.0 Å². The molecule has 1 heterocycles. The number of hydrogen-bond donors (Lipinski definition) is 3. The van der Waals surface area contributed by atoms with Crippen molar-refractivity contribution in [2.75, 3.05) is 17.7 Å². The molecule has 0 aliphatic heterocycles. The average Bonchev–Trinajstić information content (AvgIpc) is 3.13. The summed E-state index contributed by atoms with van der Waals surface area (Å²) in [5.41, 5.74) is 4.76. The van der Waals surface area contributed by atoms with Gasteiger partial charge in [0.25, 0.3) is 0 Å². The number of benzene rings is 3. The molecule has 3 aromatic carbocycles. The second-order valence-electron chi connectivity index (χ2n) is 5.99. The number of nitrogens with zero attached hydrogens (tertiary/aromatic N) is 1. The van der Waals surface area contributed by atoms with E-state index < -0.39 is 0 Å². The number of imidazole rings is 1. The van der Waals surface area contributed by atoms with Crippen LogP contribution in [0.15, 0.2) is 72.8 Å². The molecule has 0 radical (unpaired) electrons. The van der Waals surface area contributed by atoms with E-state index in [1.54, 1.807) is 7.11 Å². The Morgan fingerprint density at radius 3 is 2.48 bits per heavy atom. The highest BCUT2D eigenvalue weighted by molar-refractivity contribution is 7.80. The number of nitrogens with one attached hydrogen (secondary N) is 3. The van der Waals surface area contributed by atoms with Gasteiger partial charge in [-0.3, -0.25) is 0 Å². The third-order valence-corrected chi connectivity index (χ3v) is 4.34. The molecular formula is C21H18N4OS. The lowest BCUT2D eigenvalue weighted by atomic mass is 10.2. The number of anilines is 2. The van der Waals surface area contributed by atoms with Crippen molar-refractivity contribution < 1.29 is 4.74 Å². The number of hydrogen-bond acceptors (Lipinski definition) is 3. The van der Waals surface area contributed by atoms with Crippen LogP contribution in [0, 0.1) is 0 Å². The molecule has 134 valence electrons. The summed E-state index contributed by atoms with van der Waals surface area (Å²) < 4.78 is 5.22. The second-order valence-corrected chi connectivity index (χ2v) is 6.40. The van der Waals surface area contributed by atoms with Crippen molar-refractivity contribution in [3.05, 3.63) is 72.8 Å². The third kappa shape index (κ3) is 3.91. The fourth-order valence-electron chi connectivity index (χ4n) is 2.80. The van der Waals surface area contributed by atoms with Gasteiger partial charge in [0, 0.05) is 23.0 Å². The van der Waals surface area contributed by atoms with Crippen molar-refractivity contribution in [1.29, 1.82) is 0 Å². The average molecular weight is 374 g/mol. The van der Waals surface area contributed by atoms with Crippen molar-refractivity contribution in [2.24, 2.45) is 0 Å². The number of ether oxygens (including phenoxy) is 1. The fourth-order valence-corrected chi connectivity index (χ4v) is 3.03. The van der Waals surface area contributed by atoms with Gasteiger partial charge in [-0.25, -0.2) is 4.98 Å². The van der Waals surface area contributed by atoms with E-state index in [1.165, 1.54) is 0 Å². The van der Waals surface area contributed by atoms with Crippen LogP contribution in [0.25, 0.3) is 22.4 Å². The van der Waals surface area contributed by atoms with Gasteiger partial charge in [-0.1, -0.05) is 18.2 Å². The summed E-state index contributed by atoms with van der Waals surface area (Å²) in [6.45, 7) is 0. The number of fused-ring (bicyclic) bond motifs is 1. The summed E-state index contributed by atoms with van der Waals surface area (Å²) in [7, 11) is 1.64. The monoisotopic (exact) mass is 374 g/mol. The van der Waals surface area contributed by atoms with Gasteiger partial charge in [0.2, 0.25) is 0 Å². The Balaban J connectivity index is 1.44. The maximum Gasteiger partial charge on any atom is 0.175 e. The molecule has 1 aromatic heterocycles. The molecule has 0 bridgehead atoms. The molecule has 4 rings (SSSR count). The van der Waals surface area contributed by atoms with Gasteiger partial charge in [0.1, 0.15) is 11.6 Å². The molecule has 0 saturated heterocycles. The lowest BCUT2D eigenvalue weighted by Crippen LogP contribution is -2.18. The topological polar surface area (TPSA) is 62.0 Å². The molecule has 0 aliphatic rings. The largest absolute Gasteiger partial charge is 0.497 e. The number of H-pyrrole nitrogens is 1. The summed E-state index contributed by atoms with van der Waals surface area (Å²) in [6, 6.07) is 23.6. The van der Waals surface area contributed by atoms with Crippen LogP contribution in [-0.2, 0) is 0 Å². The maximum atomic E-state index is 5.39.